The average molecular weight is 533 g/mol. The molecule has 0 spiro atoms. The number of fused-ring (bicyclic) bond motifs is 2. The number of rotatable bonds is 9. The molecule has 1 aromatic carbocycles. The quantitative estimate of drug-likeness (QED) is 0.364. The molecule has 2 aromatic rings. The predicted molar refractivity (Wildman–Crippen MR) is 143 cm³/mol. The molecule has 2 unspecified atom stereocenters. The van der Waals surface area contributed by atoms with E-state index in [4.69, 9.17) is 4.74 Å². The Morgan fingerprint density at radius 3 is 2.42 bits per heavy atom. The van der Waals surface area contributed by atoms with Crippen LogP contribution in [0.5, 0.6) is 0 Å². The van der Waals surface area contributed by atoms with Crippen LogP contribution in [0.1, 0.15) is 60.8 Å². The molecule has 8 nitrogen and oxygen atoms in total. The van der Waals surface area contributed by atoms with Crippen molar-refractivity contribution in [2.24, 2.45) is 0 Å². The Kier molecular flexibility index (Phi) is 7.33. The summed E-state index contributed by atoms with van der Waals surface area (Å²) >= 11 is 0. The molecule has 10 heteroatoms. The molecule has 0 aliphatic heterocycles. The number of ether oxygens (including phenoxy) is 1. The van der Waals surface area contributed by atoms with Gasteiger partial charge in [0.1, 0.15) is 6.73 Å². The Balaban J connectivity index is 1.47. The monoisotopic (exact) mass is 532 g/mol. The third kappa shape index (κ3) is 5.42. The number of hydrogen-bond donors (Lipinski definition) is 2. The van der Waals surface area contributed by atoms with Crippen LogP contribution in [0.4, 0.5) is 11.6 Å². The van der Waals surface area contributed by atoms with Crippen molar-refractivity contribution in [1.82, 2.24) is 14.8 Å². The van der Waals surface area contributed by atoms with Crippen LogP contribution in [0.15, 0.2) is 11.2 Å². The second-order valence-electron chi connectivity index (χ2n) is 11.9. The van der Waals surface area contributed by atoms with Gasteiger partial charge < -0.3 is 15.2 Å². The van der Waals surface area contributed by atoms with E-state index in [0.717, 1.165) is 50.3 Å². The molecule has 0 saturated heterocycles. The van der Waals surface area contributed by atoms with Gasteiger partial charge in [-0.1, -0.05) is 25.7 Å². The first kappa shape index (κ1) is 25.9. The minimum Gasteiger partial charge on any atom is -0.393 e. The number of hydrogen-bond acceptors (Lipinski definition) is 7. The molecule has 3 aliphatic rings. The first-order chi connectivity index (χ1) is 17.1. The maximum atomic E-state index is 13.5. The smallest absolute Gasteiger partial charge is 0.269 e. The minimum atomic E-state index is -3.76. The van der Waals surface area contributed by atoms with E-state index in [1.807, 2.05) is 0 Å². The Morgan fingerprint density at radius 1 is 1.08 bits per heavy atom. The second kappa shape index (κ2) is 10.2. The fourth-order valence-corrected chi connectivity index (χ4v) is 8.22. The molecular weight excluding hydrogens is 492 g/mol. The Labute approximate surface area is 215 Å². The van der Waals surface area contributed by atoms with Crippen LogP contribution in [0, 0.1) is 0 Å². The topological polar surface area (TPSA) is 106 Å². The molecule has 36 heavy (non-hydrogen) atoms. The molecule has 2 N–H and O–H groups in total. The number of aryl methyl sites for hydroxylation is 2. The van der Waals surface area contributed by atoms with Crippen molar-refractivity contribution in [3.8, 4) is 0 Å². The fraction of sp³-hybridized carbons (Fsp3) is 0.692. The molecule has 1 heterocycles. The third-order valence-corrected chi connectivity index (χ3v) is 11.6. The van der Waals surface area contributed by atoms with Gasteiger partial charge in [-0.15, -0.1) is 5.10 Å². The molecule has 5 rings (SSSR count). The Hall–Kier alpha value is -1.75. The molecule has 2 atom stereocenters. The lowest BCUT2D eigenvalue weighted by atomic mass is 9.97. The van der Waals surface area contributed by atoms with Crippen molar-refractivity contribution in [2.45, 2.75) is 113 Å². The van der Waals surface area contributed by atoms with E-state index in [1.165, 1.54) is 22.3 Å². The third-order valence-electron chi connectivity index (χ3n) is 7.86. The number of nitrogens with zero attached hydrogens (tertiary/aromatic N) is 3. The van der Waals surface area contributed by atoms with E-state index < -0.39 is 29.3 Å². The van der Waals surface area contributed by atoms with Crippen LogP contribution >= 0.6 is 0 Å². The highest BCUT2D eigenvalue weighted by molar-refractivity contribution is 7.91. The zero-order valence-corrected chi connectivity index (χ0v) is 23.7. The molecule has 1 aromatic heterocycles. The Bertz CT molecular complexity index is 1190. The van der Waals surface area contributed by atoms with Gasteiger partial charge in [0.15, 0.2) is 0 Å². The van der Waals surface area contributed by atoms with E-state index in [9.17, 15) is 13.5 Å². The number of benzene rings is 1. The maximum Gasteiger partial charge on any atom is 0.269 e. The van der Waals surface area contributed by atoms with Crippen molar-refractivity contribution < 1.29 is 18.3 Å². The van der Waals surface area contributed by atoms with Crippen molar-refractivity contribution >= 4 is 29.5 Å². The minimum absolute atomic E-state index is 0.153. The van der Waals surface area contributed by atoms with Gasteiger partial charge in [0.25, 0.3) is 5.16 Å². The van der Waals surface area contributed by atoms with Gasteiger partial charge in [-0.25, -0.2) is 13.1 Å². The lowest BCUT2D eigenvalue weighted by molar-refractivity contribution is 0.0791. The number of anilines is 2. The van der Waals surface area contributed by atoms with Gasteiger partial charge >= 0.3 is 0 Å². The first-order valence-electron chi connectivity index (χ1n) is 13.5. The van der Waals surface area contributed by atoms with Gasteiger partial charge in [-0.05, 0) is 92.5 Å². The van der Waals surface area contributed by atoms with Crippen molar-refractivity contribution in [3.05, 3.63) is 28.3 Å². The summed E-state index contributed by atoms with van der Waals surface area (Å²) in [7, 11) is -5.01. The zero-order valence-electron chi connectivity index (χ0n) is 21.8. The summed E-state index contributed by atoms with van der Waals surface area (Å²) in [6.07, 6.45) is 8.04. The standard InChI is InChI=1S/C26H40N4O4SSi/c1-36(2,3)14-13-34-17-30-25(28-26(29-30)35(32,33)21-10-6-9-20(31)16-21)27-24-22-11-4-7-18(22)15-19-8-5-12-23(19)24/h15,20-21,31H,4-14,16-17H2,1-3H3,(H,27,28,29). The largest absolute Gasteiger partial charge is 0.393 e. The Morgan fingerprint density at radius 2 is 1.78 bits per heavy atom. The van der Waals surface area contributed by atoms with Crippen LogP contribution in [0.25, 0.3) is 0 Å². The van der Waals surface area contributed by atoms with Gasteiger partial charge in [0.05, 0.1) is 11.4 Å². The van der Waals surface area contributed by atoms with E-state index in [-0.39, 0.29) is 18.3 Å². The molecule has 198 valence electrons. The number of sulfone groups is 1. The molecular formula is C26H40N4O4SSi. The highest BCUT2D eigenvalue weighted by Crippen LogP contribution is 2.40. The maximum absolute atomic E-state index is 13.5. The van der Waals surface area contributed by atoms with Gasteiger partial charge in [0, 0.05) is 20.4 Å². The lowest BCUT2D eigenvalue weighted by Gasteiger charge is -2.24. The molecule has 1 saturated carbocycles. The molecule has 1 fully saturated rings. The van der Waals surface area contributed by atoms with Gasteiger partial charge in [-0.2, -0.15) is 4.98 Å². The van der Waals surface area contributed by atoms with Gasteiger partial charge in [-0.3, -0.25) is 0 Å². The fourth-order valence-electron chi connectivity index (χ4n) is 5.78. The SMILES string of the molecule is C[Si](C)(C)CCOCn1nc(S(=O)(=O)C2CCCC(O)C2)nc1Nc1c2c(cc3c1CCC3)CCC2. The number of aliphatic hydroxyl groups excluding tert-OH is 1. The summed E-state index contributed by atoms with van der Waals surface area (Å²) in [4.78, 5) is 4.56. The summed E-state index contributed by atoms with van der Waals surface area (Å²) in [5, 5.41) is 17.3. The van der Waals surface area contributed by atoms with Crippen LogP contribution in [0.2, 0.25) is 25.7 Å². The lowest BCUT2D eigenvalue weighted by Crippen LogP contribution is -2.31. The number of nitrogens with one attached hydrogen (secondary N) is 1. The van der Waals surface area contributed by atoms with Crippen LogP contribution in [-0.2, 0) is 47.0 Å². The molecule has 3 aliphatic carbocycles. The van der Waals surface area contributed by atoms with E-state index in [1.54, 1.807) is 4.68 Å². The summed E-state index contributed by atoms with van der Waals surface area (Å²) < 4.78 is 34.5. The van der Waals surface area contributed by atoms with Gasteiger partial charge in [0.2, 0.25) is 15.8 Å². The molecule has 0 radical (unpaired) electrons. The summed E-state index contributed by atoms with van der Waals surface area (Å²) in [5.41, 5.74) is 6.58. The van der Waals surface area contributed by atoms with Crippen molar-refractivity contribution in [2.75, 3.05) is 11.9 Å². The van der Waals surface area contributed by atoms with Crippen LogP contribution in [0.3, 0.4) is 0 Å². The number of aromatic nitrogens is 3. The van der Waals surface area contributed by atoms with E-state index in [0.29, 0.717) is 31.8 Å². The summed E-state index contributed by atoms with van der Waals surface area (Å²) in [5.74, 6) is 0.423. The average Bonchev–Trinajstić information content (AvgIpc) is 3.56. The van der Waals surface area contributed by atoms with Crippen molar-refractivity contribution in [3.63, 3.8) is 0 Å². The molecule has 0 amide bonds. The normalized spacial score (nSPS) is 22.0. The highest BCUT2D eigenvalue weighted by atomic mass is 32.2. The first-order valence-corrected chi connectivity index (χ1v) is 18.8. The van der Waals surface area contributed by atoms with Crippen LogP contribution < -0.4 is 5.32 Å². The zero-order chi connectivity index (χ0) is 25.5. The van der Waals surface area contributed by atoms with E-state index in [2.05, 4.69) is 41.1 Å². The summed E-state index contributed by atoms with van der Waals surface area (Å²) in [6, 6.07) is 3.40. The summed E-state index contributed by atoms with van der Waals surface area (Å²) in [6.45, 7) is 7.68. The van der Waals surface area contributed by atoms with Crippen LogP contribution in [-0.4, -0.2) is 54.3 Å². The predicted octanol–water partition coefficient (Wildman–Crippen LogP) is 4.39. The molecule has 0 bridgehead atoms. The van der Waals surface area contributed by atoms with Crippen molar-refractivity contribution in [1.29, 1.82) is 0 Å². The second-order valence-corrected chi connectivity index (χ2v) is 19.7. The van der Waals surface area contributed by atoms with E-state index >= 15 is 0 Å². The highest BCUT2D eigenvalue weighted by Gasteiger charge is 2.36. The number of aliphatic hydroxyl groups is 1.